The highest BCUT2D eigenvalue weighted by molar-refractivity contribution is 6.46. The molecule has 0 aliphatic carbocycles. The van der Waals surface area contributed by atoms with Crippen LogP contribution in [-0.4, -0.2) is 29.6 Å². The van der Waals surface area contributed by atoms with Gasteiger partial charge in [-0.05, 0) is 17.9 Å². The Morgan fingerprint density at radius 3 is 2.30 bits per heavy atom. The molecule has 0 aliphatic heterocycles. The van der Waals surface area contributed by atoms with Gasteiger partial charge in [-0.15, -0.1) is 0 Å². The normalized spacial score (nSPS) is 13.0. The van der Waals surface area contributed by atoms with Crippen molar-refractivity contribution in [1.29, 1.82) is 0 Å². The van der Waals surface area contributed by atoms with Gasteiger partial charge >= 0.3 is 17.9 Å². The molecular weight excluding hydrogens is 419 g/mol. The molecule has 0 aromatic heterocycles. The highest BCUT2D eigenvalue weighted by Gasteiger charge is 2.28. The number of carbonyl (C=O) groups is 3. The molecule has 6 nitrogen and oxygen atoms in total. The van der Waals surface area contributed by atoms with Gasteiger partial charge in [0, 0.05) is 0 Å². The van der Waals surface area contributed by atoms with Gasteiger partial charge in [-0.25, -0.2) is 14.4 Å². The summed E-state index contributed by atoms with van der Waals surface area (Å²) in [6.45, 7) is 6.22. The molecule has 0 amide bonds. The third kappa shape index (κ3) is 6.55. The van der Waals surface area contributed by atoms with Crippen molar-refractivity contribution < 1.29 is 29.0 Å². The summed E-state index contributed by atoms with van der Waals surface area (Å²) in [6.07, 6.45) is 3.15. The molecule has 9 heteroatoms. The largest absolute Gasteiger partial charge is 0.473 e. The number of hydrogen-bond donors (Lipinski definition) is 1. The van der Waals surface area contributed by atoms with E-state index in [0.717, 1.165) is 25.3 Å². The van der Waals surface area contributed by atoms with Gasteiger partial charge in [-0.2, -0.15) is 0 Å². The van der Waals surface area contributed by atoms with Crippen LogP contribution >= 0.6 is 34.8 Å². The molecule has 0 saturated heterocycles. The van der Waals surface area contributed by atoms with Gasteiger partial charge in [0.25, 0.3) is 0 Å². The fraction of sp³-hybridized carbons (Fsp3) is 0.500. The lowest BCUT2D eigenvalue weighted by Gasteiger charge is -2.20. The van der Waals surface area contributed by atoms with E-state index in [2.05, 4.69) is 18.6 Å². The minimum absolute atomic E-state index is 0.0619. The number of aliphatic carboxylic acids is 1. The highest BCUT2D eigenvalue weighted by Crippen LogP contribution is 2.40. The van der Waals surface area contributed by atoms with Crippen molar-refractivity contribution in [3.05, 3.63) is 26.7 Å². The maximum Gasteiger partial charge on any atom is 0.422 e. The van der Waals surface area contributed by atoms with Crippen LogP contribution in [0.1, 0.15) is 50.4 Å². The van der Waals surface area contributed by atoms with Crippen LogP contribution in [0.3, 0.4) is 0 Å². The summed E-state index contributed by atoms with van der Waals surface area (Å²) in [5.74, 6) is -4.47. The molecule has 2 unspecified atom stereocenters. The summed E-state index contributed by atoms with van der Waals surface area (Å²) < 4.78 is 9.97. The standard InChI is InChI=1S/C18H21Cl3O6/c1-4-5-6-9(2)10(3)8-26-17(24)13-14(21)11(19)7-12(20)15(13)27-18(25)16(22)23/h7,9-10H,4-6,8H2,1-3H3,(H,22,23). The molecule has 1 aromatic rings. The van der Waals surface area contributed by atoms with Crippen molar-refractivity contribution in [2.75, 3.05) is 6.61 Å². The van der Waals surface area contributed by atoms with Crippen LogP contribution in [0.4, 0.5) is 0 Å². The molecule has 27 heavy (non-hydrogen) atoms. The number of carboxylic acid groups (broad SMARTS) is 1. The Hall–Kier alpha value is -1.50. The summed E-state index contributed by atoms with van der Waals surface area (Å²) in [5, 5.41) is 8.16. The Balaban J connectivity index is 3.04. The summed E-state index contributed by atoms with van der Waals surface area (Å²) in [7, 11) is 0. The van der Waals surface area contributed by atoms with E-state index in [1.54, 1.807) is 0 Å². The minimum Gasteiger partial charge on any atom is -0.473 e. The number of unbranched alkanes of at least 4 members (excludes halogenated alkanes) is 1. The molecular formula is C18H21Cl3O6. The third-order valence-corrected chi connectivity index (χ3v) is 5.23. The second-order valence-electron chi connectivity index (χ2n) is 6.25. The van der Waals surface area contributed by atoms with E-state index in [0.29, 0.717) is 5.92 Å². The van der Waals surface area contributed by atoms with E-state index >= 15 is 0 Å². The molecule has 150 valence electrons. The third-order valence-electron chi connectivity index (χ3n) is 4.16. The zero-order chi connectivity index (χ0) is 20.7. The number of hydrogen-bond acceptors (Lipinski definition) is 5. The Kier molecular flexibility index (Phi) is 9.36. The predicted octanol–water partition coefficient (Wildman–Crippen LogP) is 5.26. The van der Waals surface area contributed by atoms with Crippen LogP contribution in [0, 0.1) is 11.8 Å². The maximum atomic E-state index is 12.5. The number of rotatable bonds is 8. The summed E-state index contributed by atoms with van der Waals surface area (Å²) >= 11 is 17.9. The quantitative estimate of drug-likeness (QED) is 0.257. The van der Waals surface area contributed by atoms with Crippen molar-refractivity contribution in [3.63, 3.8) is 0 Å². The van der Waals surface area contributed by atoms with E-state index in [-0.39, 0.29) is 27.6 Å². The van der Waals surface area contributed by atoms with Crippen molar-refractivity contribution in [3.8, 4) is 5.75 Å². The monoisotopic (exact) mass is 438 g/mol. The fourth-order valence-corrected chi connectivity index (χ4v) is 2.97. The molecule has 0 saturated carbocycles. The first-order valence-corrected chi connectivity index (χ1v) is 9.53. The Morgan fingerprint density at radius 1 is 1.11 bits per heavy atom. The molecule has 0 aliphatic rings. The second-order valence-corrected chi connectivity index (χ2v) is 7.44. The zero-order valence-corrected chi connectivity index (χ0v) is 17.5. The van der Waals surface area contributed by atoms with E-state index in [4.69, 9.17) is 44.6 Å². The number of ether oxygens (including phenoxy) is 2. The molecule has 0 bridgehead atoms. The van der Waals surface area contributed by atoms with Crippen molar-refractivity contribution >= 4 is 52.7 Å². The molecule has 0 spiro atoms. The van der Waals surface area contributed by atoms with Gasteiger partial charge in [0.1, 0.15) is 5.56 Å². The SMILES string of the molecule is CCCCC(C)C(C)COC(=O)c1c(Cl)c(Cl)cc(Cl)c1OC(=O)C(=O)O. The molecule has 0 heterocycles. The average Bonchev–Trinajstić information content (AvgIpc) is 2.61. The average molecular weight is 440 g/mol. The number of benzene rings is 1. The second kappa shape index (κ2) is 10.7. The summed E-state index contributed by atoms with van der Waals surface area (Å²) in [4.78, 5) is 34.6. The molecule has 1 aromatic carbocycles. The first kappa shape index (κ1) is 23.5. The van der Waals surface area contributed by atoms with Crippen LogP contribution in [0.25, 0.3) is 0 Å². The number of halogens is 3. The molecule has 0 fully saturated rings. The van der Waals surface area contributed by atoms with Crippen LogP contribution in [0.2, 0.25) is 15.1 Å². The Morgan fingerprint density at radius 2 is 1.74 bits per heavy atom. The minimum atomic E-state index is -1.85. The summed E-state index contributed by atoms with van der Waals surface area (Å²) in [5.41, 5.74) is -0.392. The highest BCUT2D eigenvalue weighted by atomic mass is 35.5. The van der Waals surface area contributed by atoms with Gasteiger partial charge in [0.15, 0.2) is 5.75 Å². The fourth-order valence-electron chi connectivity index (χ4n) is 2.25. The molecule has 0 radical (unpaired) electrons. The van der Waals surface area contributed by atoms with E-state index in [9.17, 15) is 14.4 Å². The van der Waals surface area contributed by atoms with Gasteiger partial charge in [0.2, 0.25) is 0 Å². The van der Waals surface area contributed by atoms with E-state index in [1.165, 1.54) is 0 Å². The van der Waals surface area contributed by atoms with Gasteiger partial charge in [-0.3, -0.25) is 0 Å². The van der Waals surface area contributed by atoms with Gasteiger partial charge < -0.3 is 14.6 Å². The Bertz CT molecular complexity index is 720. The summed E-state index contributed by atoms with van der Waals surface area (Å²) in [6, 6.07) is 1.14. The van der Waals surface area contributed by atoms with Gasteiger partial charge in [-0.1, -0.05) is 74.8 Å². The lowest BCUT2D eigenvalue weighted by atomic mass is 9.92. The first-order chi connectivity index (χ1) is 12.6. The van der Waals surface area contributed by atoms with Gasteiger partial charge in [0.05, 0.1) is 21.7 Å². The number of carboxylic acids is 1. The first-order valence-electron chi connectivity index (χ1n) is 8.39. The van der Waals surface area contributed by atoms with Crippen molar-refractivity contribution in [2.24, 2.45) is 11.8 Å². The number of carbonyl (C=O) groups excluding carboxylic acids is 2. The maximum absolute atomic E-state index is 12.5. The smallest absolute Gasteiger partial charge is 0.422 e. The van der Waals surface area contributed by atoms with Crippen molar-refractivity contribution in [1.82, 2.24) is 0 Å². The van der Waals surface area contributed by atoms with Crippen LogP contribution < -0.4 is 4.74 Å². The molecule has 1 N–H and O–H groups in total. The van der Waals surface area contributed by atoms with E-state index < -0.39 is 29.2 Å². The molecule has 1 rings (SSSR count). The predicted molar refractivity (Wildman–Crippen MR) is 103 cm³/mol. The lowest BCUT2D eigenvalue weighted by Crippen LogP contribution is -2.22. The number of esters is 2. The zero-order valence-electron chi connectivity index (χ0n) is 15.2. The van der Waals surface area contributed by atoms with E-state index in [1.807, 2.05) is 6.92 Å². The Labute approximate surface area is 172 Å². The topological polar surface area (TPSA) is 89.9 Å². The molecule has 2 atom stereocenters. The van der Waals surface area contributed by atoms with Crippen LogP contribution in [-0.2, 0) is 14.3 Å². The van der Waals surface area contributed by atoms with Crippen molar-refractivity contribution in [2.45, 2.75) is 40.0 Å². The lowest BCUT2D eigenvalue weighted by molar-refractivity contribution is -0.158. The van der Waals surface area contributed by atoms with Crippen LogP contribution in [0.15, 0.2) is 6.07 Å². The van der Waals surface area contributed by atoms with Crippen LogP contribution in [0.5, 0.6) is 5.75 Å².